The zero-order valence-electron chi connectivity index (χ0n) is 14.5. The normalized spacial score (nSPS) is 11.1. The number of aromatic hydroxyl groups is 1. The smallest absolute Gasteiger partial charge is 0.345 e. The molecule has 0 aliphatic rings. The maximum absolute atomic E-state index is 12.5. The summed E-state index contributed by atoms with van der Waals surface area (Å²) in [5, 5.41) is 17.3. The summed E-state index contributed by atoms with van der Waals surface area (Å²) in [6, 6.07) is 4.78. The van der Waals surface area contributed by atoms with Crippen LogP contribution in [0.25, 0.3) is 16.6 Å². The number of hydrogen-bond donors (Lipinski definition) is 2. The van der Waals surface area contributed by atoms with Gasteiger partial charge in [0.05, 0.1) is 24.9 Å². The van der Waals surface area contributed by atoms with Gasteiger partial charge in [0.2, 0.25) is 0 Å². The van der Waals surface area contributed by atoms with Crippen LogP contribution in [-0.4, -0.2) is 38.7 Å². The number of fused-ring (bicyclic) bond motifs is 2. The Kier molecular flexibility index (Phi) is 4.36. The highest BCUT2D eigenvalue weighted by Gasteiger charge is 2.23. The molecule has 3 heterocycles. The molecule has 1 aromatic carbocycles. The number of nitrogens with one attached hydrogen (secondary N) is 1. The zero-order valence-corrected chi connectivity index (χ0v) is 15.2. The minimum Gasteiger partial charge on any atom is -0.505 e. The van der Waals surface area contributed by atoms with E-state index in [0.29, 0.717) is 22.4 Å². The monoisotopic (exact) mass is 400 g/mol. The number of methoxy groups -OCH3 is 1. The average Bonchev–Trinajstić information content (AvgIpc) is 3.30. The first kappa shape index (κ1) is 17.8. The highest BCUT2D eigenvalue weighted by molar-refractivity contribution is 6.33. The molecular formula is C18H13ClN4O5. The summed E-state index contributed by atoms with van der Waals surface area (Å²) in [6.45, 7) is 0.0384. The van der Waals surface area contributed by atoms with E-state index in [2.05, 4.69) is 20.1 Å². The number of aromatic nitrogens is 3. The van der Waals surface area contributed by atoms with Crippen LogP contribution in [0.1, 0.15) is 26.5 Å². The molecule has 4 aromatic rings. The lowest BCUT2D eigenvalue weighted by Gasteiger charge is -2.05. The highest BCUT2D eigenvalue weighted by atomic mass is 35.5. The van der Waals surface area contributed by atoms with Crippen LogP contribution in [0.5, 0.6) is 5.75 Å². The average molecular weight is 401 g/mol. The summed E-state index contributed by atoms with van der Waals surface area (Å²) < 4.78 is 11.8. The summed E-state index contributed by atoms with van der Waals surface area (Å²) in [4.78, 5) is 28.6. The number of hydrogen-bond acceptors (Lipinski definition) is 7. The third kappa shape index (κ3) is 2.91. The van der Waals surface area contributed by atoms with Crippen molar-refractivity contribution >= 4 is 40.1 Å². The van der Waals surface area contributed by atoms with Crippen molar-refractivity contribution in [1.82, 2.24) is 19.9 Å². The minimum atomic E-state index is -0.785. The molecule has 28 heavy (non-hydrogen) atoms. The van der Waals surface area contributed by atoms with Gasteiger partial charge in [-0.15, -0.1) is 0 Å². The molecule has 3 aromatic heterocycles. The Morgan fingerprint density at radius 1 is 1.39 bits per heavy atom. The third-order valence-corrected chi connectivity index (χ3v) is 4.41. The van der Waals surface area contributed by atoms with Crippen molar-refractivity contribution in [2.75, 3.05) is 7.11 Å². The Hall–Kier alpha value is -3.59. The van der Waals surface area contributed by atoms with Crippen LogP contribution in [0.15, 0.2) is 41.2 Å². The molecule has 142 valence electrons. The van der Waals surface area contributed by atoms with E-state index in [1.165, 1.54) is 23.9 Å². The van der Waals surface area contributed by atoms with Gasteiger partial charge in [-0.3, -0.25) is 4.79 Å². The first-order valence-electron chi connectivity index (χ1n) is 8.08. The second-order valence-corrected chi connectivity index (χ2v) is 6.24. The lowest BCUT2D eigenvalue weighted by atomic mass is 10.1. The van der Waals surface area contributed by atoms with E-state index in [9.17, 15) is 14.7 Å². The number of furan rings is 1. The molecule has 4 rings (SSSR count). The Balaban J connectivity index is 1.62. The van der Waals surface area contributed by atoms with Gasteiger partial charge in [-0.05, 0) is 18.2 Å². The molecule has 0 spiro atoms. The van der Waals surface area contributed by atoms with Crippen molar-refractivity contribution in [2.45, 2.75) is 6.54 Å². The topological polar surface area (TPSA) is 119 Å². The first-order valence-corrected chi connectivity index (χ1v) is 8.46. The quantitative estimate of drug-likeness (QED) is 0.505. The second kappa shape index (κ2) is 6.86. The van der Waals surface area contributed by atoms with Crippen molar-refractivity contribution in [3.05, 3.63) is 58.7 Å². The van der Waals surface area contributed by atoms with Crippen molar-refractivity contribution in [1.29, 1.82) is 0 Å². The molecule has 0 aliphatic carbocycles. The van der Waals surface area contributed by atoms with Gasteiger partial charge in [0, 0.05) is 17.8 Å². The summed E-state index contributed by atoms with van der Waals surface area (Å²) in [5.74, 6) is -1.24. The molecular weight excluding hydrogens is 388 g/mol. The molecule has 0 saturated carbocycles. The molecule has 10 heteroatoms. The molecule has 0 fully saturated rings. The van der Waals surface area contributed by atoms with Gasteiger partial charge in [0.15, 0.2) is 17.0 Å². The number of carbonyl (C=O) groups is 2. The summed E-state index contributed by atoms with van der Waals surface area (Å²) in [7, 11) is 1.18. The summed E-state index contributed by atoms with van der Waals surface area (Å²) in [6.07, 6.45) is 4.67. The molecule has 9 nitrogen and oxygen atoms in total. The number of ether oxygens (including phenoxy) is 1. The van der Waals surface area contributed by atoms with Gasteiger partial charge in [0.25, 0.3) is 5.91 Å². The maximum Gasteiger partial charge on any atom is 0.345 e. The Morgan fingerprint density at radius 2 is 2.21 bits per heavy atom. The van der Waals surface area contributed by atoms with Crippen molar-refractivity contribution in [3.8, 4) is 5.75 Å². The molecule has 2 N–H and O–H groups in total. The molecule has 0 saturated heterocycles. The predicted molar refractivity (Wildman–Crippen MR) is 98.4 cm³/mol. The molecule has 0 atom stereocenters. The summed E-state index contributed by atoms with van der Waals surface area (Å²) >= 11 is 5.97. The number of carbonyl (C=O) groups excluding carboxylic acids is 2. The predicted octanol–water partition coefficient (Wildman–Crippen LogP) is 2.55. The van der Waals surface area contributed by atoms with Crippen molar-refractivity contribution in [3.63, 3.8) is 0 Å². The number of amides is 1. The van der Waals surface area contributed by atoms with E-state index in [4.69, 9.17) is 16.0 Å². The van der Waals surface area contributed by atoms with Crippen LogP contribution in [-0.2, 0) is 11.3 Å². The van der Waals surface area contributed by atoms with Gasteiger partial charge < -0.3 is 19.6 Å². The number of esters is 1. The van der Waals surface area contributed by atoms with Crippen molar-refractivity contribution < 1.29 is 23.8 Å². The Morgan fingerprint density at radius 3 is 3.00 bits per heavy atom. The molecule has 0 aliphatic heterocycles. The minimum absolute atomic E-state index is 0.0123. The molecule has 0 unspecified atom stereocenters. The zero-order chi connectivity index (χ0) is 19.8. The van der Waals surface area contributed by atoms with Crippen LogP contribution < -0.4 is 5.32 Å². The number of phenolic OH excluding ortho intramolecular Hbond substituents is 1. The number of benzene rings is 1. The van der Waals surface area contributed by atoms with E-state index in [1.54, 1.807) is 24.5 Å². The third-order valence-electron chi connectivity index (χ3n) is 4.12. The first-order chi connectivity index (χ1) is 13.5. The largest absolute Gasteiger partial charge is 0.505 e. The Bertz CT molecular complexity index is 1230. The maximum atomic E-state index is 12.5. The fourth-order valence-corrected chi connectivity index (χ4v) is 3.03. The lowest BCUT2D eigenvalue weighted by Crippen LogP contribution is -2.22. The van der Waals surface area contributed by atoms with Crippen LogP contribution in [0.4, 0.5) is 0 Å². The fourth-order valence-electron chi connectivity index (χ4n) is 2.82. The van der Waals surface area contributed by atoms with E-state index in [-0.39, 0.29) is 28.6 Å². The van der Waals surface area contributed by atoms with Gasteiger partial charge in [-0.2, -0.15) is 5.10 Å². The number of phenols is 1. The molecule has 0 radical (unpaired) electrons. The molecule has 1 amide bonds. The highest BCUT2D eigenvalue weighted by Crippen LogP contribution is 2.36. The van der Waals surface area contributed by atoms with Crippen LogP contribution in [0.3, 0.4) is 0 Å². The van der Waals surface area contributed by atoms with Crippen LogP contribution in [0, 0.1) is 0 Å². The standard InChI is InChI=1S/C18H13ClN4O5/c1-27-18(26)13-14(24)12(19)6-9-5-10(28-15(9)13)7-21-17(25)11-8-22-23-4-2-3-20-16(11)23/h2-6,8,24H,7H2,1H3,(H,21,25). The number of halogens is 1. The van der Waals surface area contributed by atoms with E-state index < -0.39 is 11.7 Å². The number of nitrogens with zero attached hydrogens (tertiary/aromatic N) is 3. The van der Waals surface area contributed by atoms with Crippen LogP contribution >= 0.6 is 11.6 Å². The van der Waals surface area contributed by atoms with Gasteiger partial charge >= 0.3 is 5.97 Å². The van der Waals surface area contributed by atoms with Gasteiger partial charge in [-0.1, -0.05) is 11.6 Å². The molecule has 0 bridgehead atoms. The van der Waals surface area contributed by atoms with E-state index >= 15 is 0 Å². The SMILES string of the molecule is COC(=O)c1c(O)c(Cl)cc2cc(CNC(=O)c3cnn4cccnc34)oc12. The lowest BCUT2D eigenvalue weighted by molar-refractivity contribution is 0.0598. The van der Waals surface area contributed by atoms with E-state index in [0.717, 1.165) is 0 Å². The Labute approximate surface area is 162 Å². The van der Waals surface area contributed by atoms with Gasteiger partial charge in [-0.25, -0.2) is 14.3 Å². The van der Waals surface area contributed by atoms with Crippen LogP contribution in [0.2, 0.25) is 5.02 Å². The van der Waals surface area contributed by atoms with E-state index in [1.807, 2.05) is 0 Å². The van der Waals surface area contributed by atoms with Crippen molar-refractivity contribution in [2.24, 2.45) is 0 Å². The van der Waals surface area contributed by atoms with Gasteiger partial charge in [0.1, 0.15) is 16.9 Å². The fraction of sp³-hybridized carbons (Fsp3) is 0.111. The summed E-state index contributed by atoms with van der Waals surface area (Å²) in [5.41, 5.74) is 0.687. The number of rotatable bonds is 4. The second-order valence-electron chi connectivity index (χ2n) is 5.83.